The number of esters is 1. The van der Waals surface area contributed by atoms with Crippen LogP contribution in [0.3, 0.4) is 0 Å². The topological polar surface area (TPSA) is 175 Å². The first-order valence-electron chi connectivity index (χ1n) is 34.6. The van der Waals surface area contributed by atoms with Crippen molar-refractivity contribution in [2.75, 3.05) is 13.2 Å². The van der Waals surface area contributed by atoms with Crippen LogP contribution in [0.5, 0.6) is 0 Å². The zero-order valence-electron chi connectivity index (χ0n) is 53.1. The molecule has 8 atom stereocenters. The van der Waals surface area contributed by atoms with Crippen LogP contribution in [-0.4, -0.2) is 99.6 Å². The molecule has 0 saturated carbocycles. The van der Waals surface area contributed by atoms with Gasteiger partial charge < -0.3 is 45.1 Å². The number of hydrogen-bond donors (Lipinski definition) is 6. The van der Waals surface area contributed by atoms with Crippen LogP contribution in [0.4, 0.5) is 0 Å². The van der Waals surface area contributed by atoms with Gasteiger partial charge >= 0.3 is 5.97 Å². The number of carbonyl (C=O) groups excluding carboxylic acids is 2. The van der Waals surface area contributed by atoms with Crippen molar-refractivity contribution < 1.29 is 49.3 Å². The molecule has 1 fully saturated rings. The van der Waals surface area contributed by atoms with Gasteiger partial charge in [-0.1, -0.05) is 281 Å². The van der Waals surface area contributed by atoms with Crippen LogP contribution in [0.2, 0.25) is 0 Å². The lowest BCUT2D eigenvalue weighted by Crippen LogP contribution is -2.61. The van der Waals surface area contributed by atoms with Gasteiger partial charge in [0.2, 0.25) is 5.91 Å². The zero-order chi connectivity index (χ0) is 59.6. The first-order valence-corrected chi connectivity index (χ1v) is 34.6. The van der Waals surface area contributed by atoms with Crippen LogP contribution in [0.15, 0.2) is 60.8 Å². The van der Waals surface area contributed by atoms with E-state index < -0.39 is 67.4 Å². The minimum absolute atomic E-state index is 0.115. The molecule has 1 heterocycles. The van der Waals surface area contributed by atoms with Crippen LogP contribution in [0.1, 0.15) is 316 Å². The summed E-state index contributed by atoms with van der Waals surface area (Å²) in [5.74, 6) is -1.20. The van der Waals surface area contributed by atoms with Crippen molar-refractivity contribution in [1.29, 1.82) is 0 Å². The predicted molar refractivity (Wildman–Crippen MR) is 343 cm³/mol. The standard InChI is InChI=1S/C71H129NO10/c1-4-7-10-13-16-19-22-25-27-29-31-33-35-37-39-41-44-47-50-53-56-59-66(76)82-69-68(78)67(77)65(60-73)81-71(69)80-61-62(63(74)57-54-51-48-45-42-24-21-18-15-12-9-6-3)72-70(79)64(75)58-55-52-49-46-43-40-38-36-34-32-30-28-26-23-20-17-14-11-8-5-2/h16,19,25-28,31,33,54,57,62-65,67-69,71,73-75,77-78H,4-15,17-18,20-24,29-30,32,34-53,55-56,58-61H2,1-3H3,(H,72,79)/b19-16-,27-25-,28-26+,33-31-,57-54+. The summed E-state index contributed by atoms with van der Waals surface area (Å²) in [6.07, 6.45) is 63.9. The van der Waals surface area contributed by atoms with E-state index >= 15 is 0 Å². The third-order valence-corrected chi connectivity index (χ3v) is 16.1. The molecule has 0 aromatic heterocycles. The van der Waals surface area contributed by atoms with E-state index in [1.807, 2.05) is 6.08 Å². The Kier molecular flexibility index (Phi) is 55.4. The second kappa shape index (κ2) is 58.7. The molecule has 11 nitrogen and oxygen atoms in total. The van der Waals surface area contributed by atoms with Crippen LogP contribution in [0, 0.1) is 0 Å². The van der Waals surface area contributed by atoms with Crippen molar-refractivity contribution in [2.24, 2.45) is 0 Å². The smallest absolute Gasteiger partial charge is 0.306 e. The molecular weight excluding hydrogens is 1030 g/mol. The molecule has 0 aromatic rings. The van der Waals surface area contributed by atoms with E-state index in [-0.39, 0.29) is 19.4 Å². The number of allylic oxidation sites excluding steroid dienone is 9. The fourth-order valence-corrected chi connectivity index (χ4v) is 10.7. The van der Waals surface area contributed by atoms with Crippen LogP contribution < -0.4 is 5.32 Å². The molecule has 0 spiro atoms. The van der Waals surface area contributed by atoms with Crippen LogP contribution in [-0.2, 0) is 23.8 Å². The summed E-state index contributed by atoms with van der Waals surface area (Å²) >= 11 is 0. The van der Waals surface area contributed by atoms with E-state index in [0.29, 0.717) is 12.8 Å². The highest BCUT2D eigenvalue weighted by atomic mass is 16.7. The van der Waals surface area contributed by atoms with Gasteiger partial charge in [-0.3, -0.25) is 9.59 Å². The minimum atomic E-state index is -1.62. The zero-order valence-corrected chi connectivity index (χ0v) is 53.1. The van der Waals surface area contributed by atoms with E-state index in [0.717, 1.165) is 83.5 Å². The van der Waals surface area contributed by atoms with Crippen molar-refractivity contribution in [3.8, 4) is 0 Å². The van der Waals surface area contributed by atoms with Gasteiger partial charge in [-0.2, -0.15) is 0 Å². The Hall–Kier alpha value is -2.64. The Balaban J connectivity index is 2.61. The van der Waals surface area contributed by atoms with Gasteiger partial charge in [0.25, 0.3) is 0 Å². The maximum Gasteiger partial charge on any atom is 0.306 e. The molecule has 478 valence electrons. The summed E-state index contributed by atoms with van der Waals surface area (Å²) in [5.41, 5.74) is 0. The molecule has 0 radical (unpaired) electrons. The molecule has 1 aliphatic rings. The van der Waals surface area contributed by atoms with Crippen LogP contribution in [0.25, 0.3) is 0 Å². The maximum atomic E-state index is 13.5. The molecule has 1 saturated heterocycles. The van der Waals surface area contributed by atoms with Gasteiger partial charge in [0.05, 0.1) is 25.4 Å². The van der Waals surface area contributed by atoms with Crippen molar-refractivity contribution in [3.05, 3.63) is 60.8 Å². The van der Waals surface area contributed by atoms with Crippen molar-refractivity contribution in [1.82, 2.24) is 5.32 Å². The number of aliphatic hydroxyl groups is 5. The summed E-state index contributed by atoms with van der Waals surface area (Å²) in [6, 6.07) is -1.03. The fraction of sp³-hybridized carbons (Fsp3) is 0.831. The molecule has 1 aliphatic heterocycles. The summed E-state index contributed by atoms with van der Waals surface area (Å²) in [4.78, 5) is 26.6. The van der Waals surface area contributed by atoms with Gasteiger partial charge in [0.15, 0.2) is 12.4 Å². The number of rotatable bonds is 59. The lowest BCUT2D eigenvalue weighted by atomic mass is 9.99. The monoisotopic (exact) mass is 1160 g/mol. The number of nitrogens with one attached hydrogen (secondary N) is 1. The third-order valence-electron chi connectivity index (χ3n) is 16.1. The third kappa shape index (κ3) is 45.7. The van der Waals surface area contributed by atoms with Gasteiger partial charge in [0.1, 0.15) is 24.4 Å². The number of carbonyl (C=O) groups is 2. The quantitative estimate of drug-likeness (QED) is 0.0195. The average molecular weight is 1160 g/mol. The Morgan fingerprint density at radius 1 is 0.476 bits per heavy atom. The second-order valence-corrected chi connectivity index (χ2v) is 23.9. The summed E-state index contributed by atoms with van der Waals surface area (Å²) in [7, 11) is 0. The van der Waals surface area contributed by atoms with Crippen LogP contribution >= 0.6 is 0 Å². The lowest BCUT2D eigenvalue weighted by Gasteiger charge is -2.41. The number of ether oxygens (including phenoxy) is 3. The summed E-state index contributed by atoms with van der Waals surface area (Å²) in [5, 5.41) is 57.2. The van der Waals surface area contributed by atoms with Crippen molar-refractivity contribution in [3.63, 3.8) is 0 Å². The first-order chi connectivity index (χ1) is 40.2. The van der Waals surface area contributed by atoms with Crippen molar-refractivity contribution >= 4 is 11.9 Å². The molecule has 0 aromatic carbocycles. The highest BCUT2D eigenvalue weighted by molar-refractivity contribution is 5.80. The van der Waals surface area contributed by atoms with Gasteiger partial charge in [-0.05, 0) is 89.9 Å². The predicted octanol–water partition coefficient (Wildman–Crippen LogP) is 17.3. The lowest BCUT2D eigenvalue weighted by molar-refractivity contribution is -0.305. The van der Waals surface area contributed by atoms with Gasteiger partial charge in [0, 0.05) is 6.42 Å². The summed E-state index contributed by atoms with van der Waals surface area (Å²) in [6.45, 7) is 5.78. The molecule has 8 unspecified atom stereocenters. The first kappa shape index (κ1) is 77.4. The number of amides is 1. The molecule has 0 bridgehead atoms. The van der Waals surface area contributed by atoms with Gasteiger partial charge in [-0.25, -0.2) is 0 Å². The Labute approximate surface area is 503 Å². The highest BCUT2D eigenvalue weighted by Gasteiger charge is 2.47. The molecule has 1 amide bonds. The van der Waals surface area contributed by atoms with Crippen molar-refractivity contribution in [2.45, 2.75) is 365 Å². The van der Waals surface area contributed by atoms with E-state index in [2.05, 4.69) is 74.7 Å². The highest BCUT2D eigenvalue weighted by Crippen LogP contribution is 2.26. The van der Waals surface area contributed by atoms with E-state index in [1.165, 1.54) is 186 Å². The molecule has 82 heavy (non-hydrogen) atoms. The largest absolute Gasteiger partial charge is 0.454 e. The Morgan fingerprint density at radius 3 is 1.29 bits per heavy atom. The molecule has 6 N–H and O–H groups in total. The normalized spacial score (nSPS) is 19.0. The SMILES string of the molecule is CCCCC/C=C\C/C=C\C/C=C\CCCCCCCCCCC(=O)OC1C(OCC(NC(=O)C(O)CCCCCCCCCCCC/C=C/CCCCCCCC)C(O)/C=C/CCCCCCCCCCCC)OC(CO)C(O)C1O. The molecule has 0 aliphatic carbocycles. The van der Waals surface area contributed by atoms with E-state index in [1.54, 1.807) is 6.08 Å². The minimum Gasteiger partial charge on any atom is -0.454 e. The van der Waals surface area contributed by atoms with Gasteiger partial charge in [-0.15, -0.1) is 0 Å². The Bertz CT molecular complexity index is 1560. The molecule has 11 heteroatoms. The average Bonchev–Trinajstić information content (AvgIpc) is 3.44. The second-order valence-electron chi connectivity index (χ2n) is 23.9. The Morgan fingerprint density at radius 2 is 0.841 bits per heavy atom. The summed E-state index contributed by atoms with van der Waals surface area (Å²) < 4.78 is 17.7. The molecule has 1 rings (SSSR count). The number of aliphatic hydroxyl groups excluding tert-OH is 5. The van der Waals surface area contributed by atoms with E-state index in [9.17, 15) is 35.1 Å². The number of hydrogen-bond acceptors (Lipinski definition) is 10. The molecular formula is C71H129NO10. The number of unbranched alkanes of at least 4 members (excludes halogenated alkanes) is 37. The van der Waals surface area contributed by atoms with E-state index in [4.69, 9.17) is 14.2 Å². The fourth-order valence-electron chi connectivity index (χ4n) is 10.7. The maximum absolute atomic E-state index is 13.5.